The third kappa shape index (κ3) is 4.60. The van der Waals surface area contributed by atoms with Gasteiger partial charge >= 0.3 is 5.97 Å². The molecule has 9 nitrogen and oxygen atoms in total. The molecular formula is C26H23BrFN5O4S2. The van der Waals surface area contributed by atoms with Crippen molar-refractivity contribution in [3.05, 3.63) is 62.6 Å². The van der Waals surface area contributed by atoms with Gasteiger partial charge in [-0.3, -0.25) is 19.4 Å². The average Bonchev–Trinajstić information content (AvgIpc) is 3.51. The molecule has 1 unspecified atom stereocenters. The zero-order valence-electron chi connectivity index (χ0n) is 20.8. The molecule has 1 N–H and O–H groups in total. The van der Waals surface area contributed by atoms with Gasteiger partial charge in [-0.2, -0.15) is 0 Å². The third-order valence-electron chi connectivity index (χ3n) is 7.08. The molecule has 1 amide bonds. The Morgan fingerprint density at radius 2 is 1.95 bits per heavy atom. The quantitative estimate of drug-likeness (QED) is 0.346. The number of thioether (sulfide) groups is 1. The van der Waals surface area contributed by atoms with Gasteiger partial charge in [-0.25, -0.2) is 14.2 Å². The summed E-state index contributed by atoms with van der Waals surface area (Å²) in [7, 11) is 0. The second-order valence-corrected chi connectivity index (χ2v) is 12.3. The molecule has 2 aromatic carbocycles. The molecule has 0 spiro atoms. The third-order valence-corrected chi connectivity index (χ3v) is 9.81. The normalized spacial score (nSPS) is 18.5. The highest BCUT2D eigenvalue weighted by atomic mass is 79.9. The van der Waals surface area contributed by atoms with Gasteiger partial charge in [-0.15, -0.1) is 11.8 Å². The minimum Gasteiger partial charge on any atom is -0.477 e. The Morgan fingerprint density at radius 1 is 1.18 bits per heavy atom. The molecule has 39 heavy (non-hydrogen) atoms. The standard InChI is InChI=1S/C26H23BrFN5O4S2/c1-2-30-12-16(24(36)37)23(35)15-10-17(28)20(11-19(15)30)31-5-7-32(8-6-31)26-33(22(34)13-38-26)25-29-18-4-3-14(27)9-21(18)39-25/h3-4,9-12,26H,2,5-8,13H2,1H3,(H,36,37). The van der Waals surface area contributed by atoms with E-state index in [-0.39, 0.29) is 22.4 Å². The van der Waals surface area contributed by atoms with Crippen LogP contribution in [0.25, 0.3) is 21.1 Å². The van der Waals surface area contributed by atoms with E-state index in [2.05, 4.69) is 20.8 Å². The minimum atomic E-state index is -1.33. The molecule has 202 valence electrons. The Hall–Kier alpha value is -3.00. The van der Waals surface area contributed by atoms with E-state index in [4.69, 9.17) is 4.98 Å². The van der Waals surface area contributed by atoms with Crippen molar-refractivity contribution in [2.75, 3.05) is 41.7 Å². The van der Waals surface area contributed by atoms with Crippen LogP contribution in [0.2, 0.25) is 0 Å². The minimum absolute atomic E-state index is 0.0180. The number of thiazole rings is 1. The molecule has 0 saturated carbocycles. The number of amides is 1. The molecular weight excluding hydrogens is 609 g/mol. The smallest absolute Gasteiger partial charge is 0.341 e. The molecule has 0 bridgehead atoms. The van der Waals surface area contributed by atoms with Crippen molar-refractivity contribution in [2.24, 2.45) is 0 Å². The van der Waals surface area contributed by atoms with Gasteiger partial charge in [0.05, 0.1) is 27.2 Å². The maximum Gasteiger partial charge on any atom is 0.341 e. The molecule has 2 saturated heterocycles. The Labute approximate surface area is 238 Å². The van der Waals surface area contributed by atoms with Crippen LogP contribution in [0.15, 0.2) is 45.8 Å². The lowest BCUT2D eigenvalue weighted by Gasteiger charge is -2.40. The van der Waals surface area contributed by atoms with Gasteiger partial charge in [-0.1, -0.05) is 27.3 Å². The molecule has 1 atom stereocenters. The van der Waals surface area contributed by atoms with E-state index in [1.165, 1.54) is 17.5 Å². The molecule has 6 rings (SSSR count). The lowest BCUT2D eigenvalue weighted by atomic mass is 10.1. The van der Waals surface area contributed by atoms with Crippen molar-refractivity contribution in [2.45, 2.75) is 19.0 Å². The van der Waals surface area contributed by atoms with E-state index in [0.29, 0.717) is 54.8 Å². The van der Waals surface area contributed by atoms with Gasteiger partial charge in [0.25, 0.3) is 0 Å². The van der Waals surface area contributed by atoms with Crippen LogP contribution < -0.4 is 15.2 Å². The summed E-state index contributed by atoms with van der Waals surface area (Å²) in [4.78, 5) is 47.7. The second kappa shape index (κ2) is 10.2. The lowest BCUT2D eigenvalue weighted by Crippen LogP contribution is -2.54. The molecule has 2 aliphatic heterocycles. The van der Waals surface area contributed by atoms with E-state index in [9.17, 15) is 19.5 Å². The number of halogens is 2. The van der Waals surface area contributed by atoms with Gasteiger partial charge in [0.15, 0.2) is 5.13 Å². The summed E-state index contributed by atoms with van der Waals surface area (Å²) in [6.07, 6.45) is 1.32. The number of hydrogen-bond donors (Lipinski definition) is 1. The SMILES string of the molecule is CCn1cc(C(=O)O)c(=O)c2cc(F)c(N3CCN(C4SCC(=O)N4c4nc5ccc(Br)cc5s4)CC3)cc21. The van der Waals surface area contributed by atoms with Crippen LogP contribution in [-0.2, 0) is 11.3 Å². The van der Waals surface area contributed by atoms with Gasteiger partial charge in [-0.05, 0) is 37.3 Å². The zero-order chi connectivity index (χ0) is 27.4. The number of hydrogen-bond acceptors (Lipinski definition) is 8. The largest absolute Gasteiger partial charge is 0.477 e. The Kier molecular flexibility index (Phi) is 6.86. The summed E-state index contributed by atoms with van der Waals surface area (Å²) in [5, 5.41) is 10.1. The summed E-state index contributed by atoms with van der Waals surface area (Å²) in [6.45, 7) is 4.53. The molecule has 4 heterocycles. The van der Waals surface area contributed by atoms with Crippen molar-refractivity contribution in [3.8, 4) is 0 Å². The lowest BCUT2D eigenvalue weighted by molar-refractivity contribution is -0.116. The average molecular weight is 633 g/mol. The summed E-state index contributed by atoms with van der Waals surface area (Å²) in [5.41, 5.74) is 0.457. The second-order valence-electron chi connectivity index (χ2n) is 9.32. The fourth-order valence-electron chi connectivity index (χ4n) is 5.11. The van der Waals surface area contributed by atoms with Crippen LogP contribution in [0.1, 0.15) is 17.3 Å². The van der Waals surface area contributed by atoms with Crippen LogP contribution in [0.5, 0.6) is 0 Å². The Bertz CT molecular complexity index is 1700. The number of rotatable bonds is 5. The number of benzene rings is 2. The Morgan fingerprint density at radius 3 is 2.67 bits per heavy atom. The number of carbonyl (C=O) groups excluding carboxylic acids is 1. The highest BCUT2D eigenvalue weighted by Gasteiger charge is 2.40. The first kappa shape index (κ1) is 26.2. The van der Waals surface area contributed by atoms with Crippen molar-refractivity contribution >= 4 is 82.8 Å². The summed E-state index contributed by atoms with van der Waals surface area (Å²) < 4.78 is 18.9. The van der Waals surface area contributed by atoms with Gasteiger partial charge < -0.3 is 14.6 Å². The van der Waals surface area contributed by atoms with Gasteiger partial charge in [0.2, 0.25) is 11.3 Å². The van der Waals surface area contributed by atoms with E-state index < -0.39 is 17.2 Å². The number of nitrogens with zero attached hydrogens (tertiary/aromatic N) is 5. The van der Waals surface area contributed by atoms with E-state index in [0.717, 1.165) is 20.8 Å². The summed E-state index contributed by atoms with van der Waals surface area (Å²) in [5.74, 6) is -1.51. The fraction of sp³-hybridized carbons (Fsp3) is 0.308. The first-order chi connectivity index (χ1) is 18.7. The number of carboxylic acids is 1. The predicted octanol–water partition coefficient (Wildman–Crippen LogP) is 4.42. The van der Waals surface area contributed by atoms with Crippen LogP contribution in [0, 0.1) is 5.82 Å². The fourth-order valence-corrected chi connectivity index (χ4v) is 7.95. The van der Waals surface area contributed by atoms with Crippen molar-refractivity contribution in [3.63, 3.8) is 0 Å². The summed E-state index contributed by atoms with van der Waals surface area (Å²) >= 11 is 6.54. The highest BCUT2D eigenvalue weighted by molar-refractivity contribution is 9.10. The van der Waals surface area contributed by atoms with Crippen LogP contribution >= 0.6 is 39.0 Å². The number of carboxylic acid groups (broad SMARTS) is 1. The molecule has 2 aliphatic rings. The van der Waals surface area contributed by atoms with Crippen LogP contribution in [0.3, 0.4) is 0 Å². The molecule has 0 aliphatic carbocycles. The zero-order valence-corrected chi connectivity index (χ0v) is 24.0. The number of piperazine rings is 1. The first-order valence-corrected chi connectivity index (χ1v) is 15.0. The topological polar surface area (TPSA) is 99.0 Å². The van der Waals surface area contributed by atoms with E-state index in [1.807, 2.05) is 30.0 Å². The monoisotopic (exact) mass is 631 g/mol. The van der Waals surface area contributed by atoms with E-state index in [1.54, 1.807) is 27.3 Å². The van der Waals surface area contributed by atoms with Crippen molar-refractivity contribution < 1.29 is 19.1 Å². The molecule has 0 radical (unpaired) electrons. The van der Waals surface area contributed by atoms with Crippen LogP contribution in [0.4, 0.5) is 15.2 Å². The van der Waals surface area contributed by atoms with E-state index >= 15 is 4.39 Å². The van der Waals surface area contributed by atoms with Crippen LogP contribution in [-0.4, -0.2) is 68.9 Å². The maximum atomic E-state index is 15.3. The molecule has 13 heteroatoms. The van der Waals surface area contributed by atoms with Gasteiger partial charge in [0.1, 0.15) is 16.9 Å². The van der Waals surface area contributed by atoms with Crippen molar-refractivity contribution in [1.29, 1.82) is 0 Å². The van der Waals surface area contributed by atoms with Crippen molar-refractivity contribution in [1.82, 2.24) is 14.5 Å². The maximum absolute atomic E-state index is 15.3. The predicted molar refractivity (Wildman–Crippen MR) is 156 cm³/mol. The number of aromatic carboxylic acids is 1. The van der Waals surface area contributed by atoms with Gasteiger partial charge in [0, 0.05) is 48.8 Å². The summed E-state index contributed by atoms with van der Waals surface area (Å²) in [6, 6.07) is 8.64. The first-order valence-electron chi connectivity index (χ1n) is 12.3. The molecule has 2 fully saturated rings. The number of anilines is 2. The molecule has 2 aromatic heterocycles. The number of carbonyl (C=O) groups is 2. The number of pyridine rings is 1. The number of aryl methyl sites for hydroxylation is 1. The Balaban J connectivity index is 1.25. The highest BCUT2D eigenvalue weighted by Crippen LogP contribution is 2.38. The number of aromatic nitrogens is 2. The number of fused-ring (bicyclic) bond motifs is 2. The molecule has 4 aromatic rings.